The van der Waals surface area contributed by atoms with E-state index in [1.165, 1.54) is 5.56 Å². The van der Waals surface area contributed by atoms with Crippen LogP contribution < -0.4 is 5.32 Å². The molecule has 0 spiro atoms. The predicted octanol–water partition coefficient (Wildman–Crippen LogP) is 4.77. The van der Waals surface area contributed by atoms with E-state index in [-0.39, 0.29) is 12.3 Å². The summed E-state index contributed by atoms with van der Waals surface area (Å²) in [6, 6.07) is 13.6. The lowest BCUT2D eigenvalue weighted by molar-refractivity contribution is -0.121. The van der Waals surface area contributed by atoms with Gasteiger partial charge in [-0.25, -0.2) is 0 Å². The molecule has 1 aliphatic rings. The maximum Gasteiger partial charge on any atom is 0.222 e. The maximum absolute atomic E-state index is 12.5. The molecule has 1 aliphatic heterocycles. The molecule has 0 saturated heterocycles. The first-order valence-corrected chi connectivity index (χ1v) is 10.9. The Kier molecular flexibility index (Phi) is 5.92. The maximum atomic E-state index is 12.5. The van der Waals surface area contributed by atoms with Gasteiger partial charge in [-0.05, 0) is 49.6 Å². The summed E-state index contributed by atoms with van der Waals surface area (Å²) < 4.78 is 2.02. The van der Waals surface area contributed by atoms with Gasteiger partial charge in [-0.3, -0.25) is 14.4 Å². The molecule has 7 heteroatoms. The lowest BCUT2D eigenvalue weighted by Crippen LogP contribution is -2.25. The third-order valence-corrected chi connectivity index (χ3v) is 5.74. The highest BCUT2D eigenvalue weighted by molar-refractivity contribution is 6.30. The third kappa shape index (κ3) is 4.12. The van der Waals surface area contributed by atoms with Gasteiger partial charge in [0.05, 0.1) is 17.8 Å². The second-order valence-corrected chi connectivity index (χ2v) is 8.47. The van der Waals surface area contributed by atoms with Crippen molar-refractivity contribution in [1.82, 2.24) is 20.1 Å². The van der Waals surface area contributed by atoms with Crippen LogP contribution in [0.15, 0.2) is 47.5 Å². The number of aliphatic imine (C=N–C) groups is 1. The summed E-state index contributed by atoms with van der Waals surface area (Å²) in [7, 11) is 0. The number of nitrogens with one attached hydrogen (secondary N) is 1. The number of halogens is 1. The molecule has 4 rings (SSSR count). The molecular weight excluding hydrogens is 410 g/mol. The molecule has 0 saturated carbocycles. The first-order valence-electron chi connectivity index (χ1n) is 10.6. The van der Waals surface area contributed by atoms with Crippen molar-refractivity contribution in [2.75, 3.05) is 6.54 Å². The highest BCUT2D eigenvalue weighted by atomic mass is 35.5. The monoisotopic (exact) mass is 435 g/mol. The molecule has 31 heavy (non-hydrogen) atoms. The van der Waals surface area contributed by atoms with Crippen LogP contribution in [0.2, 0.25) is 5.02 Å². The van der Waals surface area contributed by atoms with Crippen molar-refractivity contribution in [3.8, 4) is 5.69 Å². The Balaban J connectivity index is 1.97. The standard InChI is InChI=1S/C24H26ClN5O/c1-5-26-22(31)13-20-24-29-28-15(4)30(24)21-11-8-17(14(2)3)12-19(21)23(27-20)16-6-9-18(25)10-7-16/h6-12,14,20H,5,13H2,1-4H3,(H,26,31)/t20-/m0/s1. The third-order valence-electron chi connectivity index (χ3n) is 5.49. The van der Waals surface area contributed by atoms with Crippen LogP contribution in [0.3, 0.4) is 0 Å². The van der Waals surface area contributed by atoms with E-state index in [1.54, 1.807) is 0 Å². The number of aryl methyl sites for hydroxylation is 1. The summed E-state index contributed by atoms with van der Waals surface area (Å²) in [5, 5.41) is 12.3. The Morgan fingerprint density at radius 1 is 1.16 bits per heavy atom. The van der Waals surface area contributed by atoms with Crippen molar-refractivity contribution < 1.29 is 4.79 Å². The molecule has 1 amide bonds. The van der Waals surface area contributed by atoms with Gasteiger partial charge in [0.25, 0.3) is 0 Å². The first-order chi connectivity index (χ1) is 14.9. The molecule has 3 aromatic rings. The number of carbonyl (C=O) groups is 1. The molecule has 0 radical (unpaired) electrons. The van der Waals surface area contributed by atoms with E-state index < -0.39 is 6.04 Å². The predicted molar refractivity (Wildman–Crippen MR) is 123 cm³/mol. The minimum absolute atomic E-state index is 0.0623. The van der Waals surface area contributed by atoms with E-state index in [0.717, 1.165) is 28.4 Å². The zero-order chi connectivity index (χ0) is 22.1. The van der Waals surface area contributed by atoms with E-state index >= 15 is 0 Å². The molecule has 160 valence electrons. The molecule has 1 N–H and O–H groups in total. The zero-order valence-electron chi connectivity index (χ0n) is 18.2. The highest BCUT2D eigenvalue weighted by Gasteiger charge is 2.29. The Labute approximate surface area is 187 Å². The molecule has 2 heterocycles. The van der Waals surface area contributed by atoms with Crippen molar-refractivity contribution in [3.63, 3.8) is 0 Å². The quantitative estimate of drug-likeness (QED) is 0.627. The number of aromatic nitrogens is 3. The van der Waals surface area contributed by atoms with Crippen LogP contribution in [0.25, 0.3) is 5.69 Å². The van der Waals surface area contributed by atoms with Crippen LogP contribution in [0.5, 0.6) is 0 Å². The van der Waals surface area contributed by atoms with Crippen LogP contribution in [-0.4, -0.2) is 32.9 Å². The minimum atomic E-state index is -0.451. The van der Waals surface area contributed by atoms with Gasteiger partial charge in [0.1, 0.15) is 11.9 Å². The van der Waals surface area contributed by atoms with Crippen LogP contribution in [0.1, 0.15) is 67.5 Å². The number of benzene rings is 2. The summed E-state index contributed by atoms with van der Waals surface area (Å²) in [6.07, 6.45) is 0.202. The lowest BCUT2D eigenvalue weighted by Gasteiger charge is -2.15. The topological polar surface area (TPSA) is 72.2 Å². The van der Waals surface area contributed by atoms with Gasteiger partial charge in [0.2, 0.25) is 5.91 Å². The number of fused-ring (bicyclic) bond motifs is 3. The second kappa shape index (κ2) is 8.63. The van der Waals surface area contributed by atoms with E-state index in [9.17, 15) is 4.79 Å². The van der Waals surface area contributed by atoms with Gasteiger partial charge >= 0.3 is 0 Å². The SMILES string of the molecule is CCNC(=O)C[C@@H]1N=C(c2ccc(Cl)cc2)c2cc(C(C)C)ccc2-n2c(C)nnc21. The first kappa shape index (κ1) is 21.2. The number of nitrogens with zero attached hydrogens (tertiary/aromatic N) is 4. The summed E-state index contributed by atoms with van der Waals surface area (Å²) >= 11 is 6.14. The number of rotatable bonds is 5. The van der Waals surface area contributed by atoms with Crippen molar-refractivity contribution in [2.45, 2.75) is 46.1 Å². The zero-order valence-corrected chi connectivity index (χ0v) is 18.9. The fourth-order valence-corrected chi connectivity index (χ4v) is 4.02. The van der Waals surface area contributed by atoms with E-state index in [0.29, 0.717) is 23.3 Å². The Morgan fingerprint density at radius 2 is 1.90 bits per heavy atom. The Hall–Kier alpha value is -2.99. The minimum Gasteiger partial charge on any atom is -0.356 e. The van der Waals surface area contributed by atoms with Gasteiger partial charge in [-0.15, -0.1) is 10.2 Å². The summed E-state index contributed by atoms with van der Waals surface area (Å²) in [6.45, 7) is 8.75. The van der Waals surface area contributed by atoms with Crippen LogP contribution in [0, 0.1) is 6.92 Å². The van der Waals surface area contributed by atoms with Crippen LogP contribution in [0.4, 0.5) is 0 Å². The van der Waals surface area contributed by atoms with Crippen molar-refractivity contribution in [1.29, 1.82) is 0 Å². The smallest absolute Gasteiger partial charge is 0.222 e. The van der Waals surface area contributed by atoms with Crippen molar-refractivity contribution in [2.24, 2.45) is 4.99 Å². The Morgan fingerprint density at radius 3 is 2.58 bits per heavy atom. The normalized spacial score (nSPS) is 15.2. The molecule has 0 unspecified atom stereocenters. The summed E-state index contributed by atoms with van der Waals surface area (Å²) in [5.74, 6) is 1.74. The molecule has 1 aromatic heterocycles. The van der Waals surface area contributed by atoms with Gasteiger partial charge in [0.15, 0.2) is 5.82 Å². The number of carbonyl (C=O) groups excluding carboxylic acids is 1. The van der Waals surface area contributed by atoms with Crippen molar-refractivity contribution >= 4 is 23.2 Å². The molecular formula is C24H26ClN5O. The Bertz CT molecular complexity index is 1150. The number of hydrogen-bond donors (Lipinski definition) is 1. The average Bonchev–Trinajstić information content (AvgIpc) is 3.06. The van der Waals surface area contributed by atoms with E-state index in [2.05, 4.69) is 47.6 Å². The number of hydrogen-bond acceptors (Lipinski definition) is 4. The molecule has 0 bridgehead atoms. The second-order valence-electron chi connectivity index (χ2n) is 8.03. The fraction of sp³-hybridized carbons (Fsp3) is 0.333. The summed E-state index contributed by atoms with van der Waals surface area (Å²) in [5.41, 5.74) is 4.96. The molecule has 6 nitrogen and oxygen atoms in total. The largest absolute Gasteiger partial charge is 0.356 e. The van der Waals surface area contributed by atoms with Gasteiger partial charge < -0.3 is 5.32 Å². The van der Waals surface area contributed by atoms with E-state index in [4.69, 9.17) is 16.6 Å². The molecule has 2 aromatic carbocycles. The fourth-order valence-electron chi connectivity index (χ4n) is 3.89. The van der Waals surface area contributed by atoms with Crippen LogP contribution in [-0.2, 0) is 4.79 Å². The van der Waals surface area contributed by atoms with Crippen LogP contribution >= 0.6 is 11.6 Å². The lowest BCUT2D eigenvalue weighted by atomic mass is 9.94. The van der Waals surface area contributed by atoms with Gasteiger partial charge in [0, 0.05) is 22.7 Å². The molecule has 1 atom stereocenters. The highest BCUT2D eigenvalue weighted by Crippen LogP contribution is 2.34. The van der Waals surface area contributed by atoms with E-state index in [1.807, 2.05) is 42.7 Å². The average molecular weight is 436 g/mol. The summed E-state index contributed by atoms with van der Waals surface area (Å²) in [4.78, 5) is 17.6. The molecule has 0 aliphatic carbocycles. The van der Waals surface area contributed by atoms with Gasteiger partial charge in [-0.1, -0.05) is 43.6 Å². The molecule has 0 fully saturated rings. The van der Waals surface area contributed by atoms with Crippen molar-refractivity contribution in [3.05, 3.63) is 75.8 Å². The van der Waals surface area contributed by atoms with Gasteiger partial charge in [-0.2, -0.15) is 0 Å². The number of amides is 1.